The third-order valence-corrected chi connectivity index (χ3v) is 3.40. The molecule has 0 amide bonds. The quantitative estimate of drug-likeness (QED) is 0.635. The van der Waals surface area contributed by atoms with Crippen molar-refractivity contribution in [1.82, 2.24) is 9.97 Å². The summed E-state index contributed by atoms with van der Waals surface area (Å²) in [5.41, 5.74) is 0.109. The van der Waals surface area contributed by atoms with Gasteiger partial charge in [-0.25, -0.2) is 4.98 Å². The number of nitrogens with one attached hydrogen (secondary N) is 1. The van der Waals surface area contributed by atoms with E-state index < -0.39 is 4.92 Å². The molecule has 1 heterocycles. The van der Waals surface area contributed by atoms with Gasteiger partial charge in [-0.05, 0) is 17.8 Å². The number of ether oxygens (including phenoxy) is 1. The van der Waals surface area contributed by atoms with E-state index in [-0.39, 0.29) is 17.4 Å². The van der Waals surface area contributed by atoms with Gasteiger partial charge in [0.25, 0.3) is 5.88 Å². The second-order valence-electron chi connectivity index (χ2n) is 5.11. The van der Waals surface area contributed by atoms with Crippen molar-refractivity contribution < 1.29 is 9.66 Å². The smallest absolute Gasteiger partial charge is 0.372 e. The van der Waals surface area contributed by atoms with Crippen molar-refractivity contribution in [3.63, 3.8) is 0 Å². The van der Waals surface area contributed by atoms with Crippen LogP contribution in [0.2, 0.25) is 0 Å². The third kappa shape index (κ3) is 2.34. The van der Waals surface area contributed by atoms with E-state index in [1.165, 1.54) is 13.4 Å². The Morgan fingerprint density at radius 2 is 2.28 bits per heavy atom. The van der Waals surface area contributed by atoms with Crippen molar-refractivity contribution in [2.75, 3.05) is 19.0 Å². The molecule has 7 nitrogen and oxygen atoms in total. The molecule has 0 spiro atoms. The van der Waals surface area contributed by atoms with Gasteiger partial charge in [0.2, 0.25) is 5.82 Å². The van der Waals surface area contributed by atoms with E-state index in [2.05, 4.69) is 29.1 Å². The van der Waals surface area contributed by atoms with Crippen LogP contribution in [0.15, 0.2) is 6.33 Å². The summed E-state index contributed by atoms with van der Waals surface area (Å²) in [5.74, 6) is 0.722. The first-order valence-corrected chi connectivity index (χ1v) is 5.73. The lowest BCUT2D eigenvalue weighted by atomic mass is 10.1. The molecule has 0 radical (unpaired) electrons. The number of rotatable bonds is 5. The molecule has 0 aromatic carbocycles. The van der Waals surface area contributed by atoms with Gasteiger partial charge in [0.05, 0.1) is 12.0 Å². The maximum Gasteiger partial charge on any atom is 0.372 e. The minimum absolute atomic E-state index is 0.0208. The van der Waals surface area contributed by atoms with Crippen molar-refractivity contribution >= 4 is 11.5 Å². The average molecular weight is 252 g/mol. The molecule has 1 aliphatic rings. The van der Waals surface area contributed by atoms with E-state index in [4.69, 9.17) is 4.74 Å². The topological polar surface area (TPSA) is 90.2 Å². The first kappa shape index (κ1) is 12.5. The zero-order valence-electron chi connectivity index (χ0n) is 10.6. The van der Waals surface area contributed by atoms with Crippen LogP contribution in [-0.4, -0.2) is 28.5 Å². The van der Waals surface area contributed by atoms with E-state index in [9.17, 15) is 10.1 Å². The number of hydrogen-bond acceptors (Lipinski definition) is 6. The fraction of sp³-hybridized carbons (Fsp3) is 0.636. The maximum atomic E-state index is 11.0. The Morgan fingerprint density at radius 1 is 1.61 bits per heavy atom. The minimum atomic E-state index is -0.529. The summed E-state index contributed by atoms with van der Waals surface area (Å²) >= 11 is 0. The number of anilines is 1. The molecule has 18 heavy (non-hydrogen) atoms. The SMILES string of the molecule is COc1ncnc(NCC2CC2(C)C)c1[N+](=O)[O-]. The van der Waals surface area contributed by atoms with Crippen molar-refractivity contribution in [2.45, 2.75) is 20.3 Å². The van der Waals surface area contributed by atoms with Gasteiger partial charge >= 0.3 is 5.69 Å². The average Bonchev–Trinajstić information content (AvgIpc) is 2.93. The fourth-order valence-electron chi connectivity index (χ4n) is 1.95. The van der Waals surface area contributed by atoms with Crippen LogP contribution in [0.4, 0.5) is 11.5 Å². The zero-order valence-corrected chi connectivity index (χ0v) is 10.6. The highest BCUT2D eigenvalue weighted by atomic mass is 16.6. The first-order valence-electron chi connectivity index (χ1n) is 5.73. The van der Waals surface area contributed by atoms with Crippen LogP contribution in [0.1, 0.15) is 20.3 Å². The van der Waals surface area contributed by atoms with E-state index in [0.29, 0.717) is 17.9 Å². The van der Waals surface area contributed by atoms with Crippen LogP contribution in [0.5, 0.6) is 5.88 Å². The highest BCUT2D eigenvalue weighted by molar-refractivity contribution is 5.61. The number of nitro groups is 1. The number of nitrogens with zero attached hydrogens (tertiary/aromatic N) is 3. The van der Waals surface area contributed by atoms with Crippen LogP contribution in [0, 0.1) is 21.4 Å². The summed E-state index contributed by atoms with van der Waals surface area (Å²) in [6, 6.07) is 0. The molecule has 2 rings (SSSR count). The highest BCUT2D eigenvalue weighted by Crippen LogP contribution is 2.51. The van der Waals surface area contributed by atoms with E-state index in [1.807, 2.05) is 0 Å². The summed E-state index contributed by atoms with van der Waals surface area (Å²) in [6.07, 6.45) is 2.38. The van der Waals surface area contributed by atoms with Crippen molar-refractivity contribution in [3.8, 4) is 5.88 Å². The van der Waals surface area contributed by atoms with Crippen molar-refractivity contribution in [1.29, 1.82) is 0 Å². The summed E-state index contributed by atoms with van der Waals surface area (Å²) in [4.78, 5) is 18.1. The molecule has 1 N–H and O–H groups in total. The zero-order chi connectivity index (χ0) is 13.3. The van der Waals surface area contributed by atoms with Gasteiger partial charge in [0, 0.05) is 6.54 Å². The molecule has 1 aromatic heterocycles. The highest BCUT2D eigenvalue weighted by Gasteiger charge is 2.45. The van der Waals surface area contributed by atoms with Gasteiger partial charge in [0.15, 0.2) is 0 Å². The Labute approximate surface area is 105 Å². The summed E-state index contributed by atoms with van der Waals surface area (Å²) in [7, 11) is 1.35. The Hall–Kier alpha value is -1.92. The van der Waals surface area contributed by atoms with E-state index in [1.54, 1.807) is 0 Å². The van der Waals surface area contributed by atoms with Crippen molar-refractivity contribution in [2.24, 2.45) is 11.3 Å². The number of hydrogen-bond donors (Lipinski definition) is 1. The molecule has 1 atom stereocenters. The molecule has 0 saturated heterocycles. The molecule has 1 aromatic rings. The van der Waals surface area contributed by atoms with Gasteiger partial charge in [-0.15, -0.1) is 0 Å². The number of aromatic nitrogens is 2. The van der Waals surface area contributed by atoms with Gasteiger partial charge in [0.1, 0.15) is 6.33 Å². The minimum Gasteiger partial charge on any atom is -0.476 e. The van der Waals surface area contributed by atoms with E-state index >= 15 is 0 Å². The van der Waals surface area contributed by atoms with Crippen LogP contribution < -0.4 is 10.1 Å². The first-order chi connectivity index (χ1) is 8.45. The molecule has 0 aliphatic heterocycles. The molecule has 1 unspecified atom stereocenters. The van der Waals surface area contributed by atoms with Gasteiger partial charge in [-0.2, -0.15) is 4.98 Å². The second-order valence-corrected chi connectivity index (χ2v) is 5.11. The van der Waals surface area contributed by atoms with Gasteiger partial charge in [-0.3, -0.25) is 10.1 Å². The lowest BCUT2D eigenvalue weighted by molar-refractivity contribution is -0.385. The van der Waals surface area contributed by atoms with Gasteiger partial charge in [-0.1, -0.05) is 13.8 Å². The normalized spacial score (nSPS) is 20.3. The predicted molar refractivity (Wildman–Crippen MR) is 65.6 cm³/mol. The molecule has 0 bridgehead atoms. The van der Waals surface area contributed by atoms with Crippen LogP contribution in [0.3, 0.4) is 0 Å². The Bertz CT molecular complexity index is 475. The van der Waals surface area contributed by atoms with Crippen molar-refractivity contribution in [3.05, 3.63) is 16.4 Å². The summed E-state index contributed by atoms with van der Waals surface area (Å²) in [5, 5.41) is 14.0. The predicted octanol–water partition coefficient (Wildman–Crippen LogP) is 1.85. The monoisotopic (exact) mass is 252 g/mol. The summed E-state index contributed by atoms with van der Waals surface area (Å²) in [6.45, 7) is 5.02. The molecular formula is C11H16N4O3. The largest absolute Gasteiger partial charge is 0.476 e. The standard InChI is InChI=1S/C11H16N4O3/c1-11(2)4-7(11)5-12-9-8(15(16)17)10(18-3)14-6-13-9/h6-7H,4-5H2,1-3H3,(H,12,13,14). The second kappa shape index (κ2) is 4.40. The van der Waals surface area contributed by atoms with Crippen LogP contribution in [0.25, 0.3) is 0 Å². The van der Waals surface area contributed by atoms with Gasteiger partial charge < -0.3 is 10.1 Å². The summed E-state index contributed by atoms with van der Waals surface area (Å²) < 4.78 is 4.88. The Kier molecular flexibility index (Phi) is 3.06. The molecule has 1 saturated carbocycles. The molecule has 98 valence electrons. The van der Waals surface area contributed by atoms with E-state index in [0.717, 1.165) is 6.42 Å². The lowest BCUT2D eigenvalue weighted by Gasteiger charge is -2.08. The Balaban J connectivity index is 2.14. The molecule has 1 aliphatic carbocycles. The van der Waals surface area contributed by atoms with Crippen LogP contribution in [-0.2, 0) is 0 Å². The number of methoxy groups -OCH3 is 1. The third-order valence-electron chi connectivity index (χ3n) is 3.40. The van der Waals surface area contributed by atoms with Crippen LogP contribution >= 0.6 is 0 Å². The molecule has 1 fully saturated rings. The molecule has 7 heteroatoms. The maximum absolute atomic E-state index is 11.0. The molecular weight excluding hydrogens is 236 g/mol. The Morgan fingerprint density at radius 3 is 2.78 bits per heavy atom. The lowest BCUT2D eigenvalue weighted by Crippen LogP contribution is -2.11. The fourth-order valence-corrected chi connectivity index (χ4v) is 1.95.